The van der Waals surface area contributed by atoms with Crippen LogP contribution in [0.25, 0.3) is 0 Å². The zero-order valence-electron chi connectivity index (χ0n) is 17.7. The van der Waals surface area contributed by atoms with Crippen molar-refractivity contribution in [2.75, 3.05) is 20.3 Å². The molecule has 7 heteroatoms. The predicted octanol–water partition coefficient (Wildman–Crippen LogP) is 2.77. The van der Waals surface area contributed by atoms with Crippen LogP contribution in [-0.2, 0) is 24.8 Å². The summed E-state index contributed by atoms with van der Waals surface area (Å²) >= 11 is 0. The standard InChI is InChI=1S/C24H25N3O4/c1-26-15-22(25-13-23(26)28)24(29)27-11-10-18-7-9-21(12-19(18)14-27)31-16-17-4-3-5-20(30-2)8-6-17/h3,5-9,12-13,15H,4,10-11,14,16H2,1-2H3. The van der Waals surface area contributed by atoms with Gasteiger partial charge in [0.2, 0.25) is 0 Å². The van der Waals surface area contributed by atoms with Gasteiger partial charge in [0.1, 0.15) is 23.8 Å². The number of allylic oxidation sites excluding steroid dienone is 4. The van der Waals surface area contributed by atoms with Crippen molar-refractivity contribution in [1.29, 1.82) is 0 Å². The molecule has 0 radical (unpaired) electrons. The Morgan fingerprint density at radius 1 is 1.23 bits per heavy atom. The molecule has 1 aliphatic heterocycles. The van der Waals surface area contributed by atoms with Crippen LogP contribution in [0.5, 0.6) is 5.75 Å². The first-order valence-electron chi connectivity index (χ1n) is 10.2. The van der Waals surface area contributed by atoms with Crippen molar-refractivity contribution in [2.24, 2.45) is 7.05 Å². The topological polar surface area (TPSA) is 73.7 Å². The Bertz CT molecular complexity index is 1140. The fourth-order valence-corrected chi connectivity index (χ4v) is 3.63. The molecule has 0 saturated heterocycles. The largest absolute Gasteiger partial charge is 0.497 e. The van der Waals surface area contributed by atoms with E-state index in [4.69, 9.17) is 9.47 Å². The number of fused-ring (bicyclic) bond motifs is 1. The van der Waals surface area contributed by atoms with Gasteiger partial charge in [-0.25, -0.2) is 4.98 Å². The summed E-state index contributed by atoms with van der Waals surface area (Å²) in [5.74, 6) is 1.42. The molecule has 0 spiro atoms. The smallest absolute Gasteiger partial charge is 0.274 e. The molecule has 0 saturated carbocycles. The predicted molar refractivity (Wildman–Crippen MR) is 117 cm³/mol. The van der Waals surface area contributed by atoms with Gasteiger partial charge in [0.05, 0.1) is 13.3 Å². The molecule has 160 valence electrons. The van der Waals surface area contributed by atoms with Crippen LogP contribution >= 0.6 is 0 Å². The monoisotopic (exact) mass is 419 g/mol. The lowest BCUT2D eigenvalue weighted by molar-refractivity contribution is 0.0727. The summed E-state index contributed by atoms with van der Waals surface area (Å²) in [6.45, 7) is 1.59. The number of carbonyl (C=O) groups excluding carboxylic acids is 1. The van der Waals surface area contributed by atoms with Crippen LogP contribution in [0.15, 0.2) is 71.0 Å². The highest BCUT2D eigenvalue weighted by atomic mass is 16.5. The molecule has 1 amide bonds. The Labute approximate surface area is 180 Å². The Kier molecular flexibility index (Phi) is 6.02. The van der Waals surface area contributed by atoms with Crippen molar-refractivity contribution in [1.82, 2.24) is 14.5 Å². The number of amides is 1. The lowest BCUT2D eigenvalue weighted by Crippen LogP contribution is -2.37. The number of carbonyl (C=O) groups is 1. The number of methoxy groups -OCH3 is 1. The summed E-state index contributed by atoms with van der Waals surface area (Å²) < 4.78 is 12.6. The fourth-order valence-electron chi connectivity index (χ4n) is 3.63. The summed E-state index contributed by atoms with van der Waals surface area (Å²) in [6, 6.07) is 6.06. The van der Waals surface area contributed by atoms with Gasteiger partial charge in [0, 0.05) is 26.3 Å². The summed E-state index contributed by atoms with van der Waals surface area (Å²) in [5.41, 5.74) is 3.47. The summed E-state index contributed by atoms with van der Waals surface area (Å²) in [5, 5.41) is 0. The summed E-state index contributed by atoms with van der Waals surface area (Å²) in [6.07, 6.45) is 12.2. The first-order valence-corrected chi connectivity index (χ1v) is 10.2. The quantitative estimate of drug-likeness (QED) is 0.745. The van der Waals surface area contributed by atoms with Gasteiger partial charge in [-0.2, -0.15) is 0 Å². The van der Waals surface area contributed by atoms with Crippen LogP contribution in [0, 0.1) is 0 Å². The third-order valence-corrected chi connectivity index (χ3v) is 5.48. The van der Waals surface area contributed by atoms with Crippen molar-refractivity contribution in [3.63, 3.8) is 0 Å². The Balaban J connectivity index is 1.44. The molecule has 0 bridgehead atoms. The van der Waals surface area contributed by atoms with Crippen LogP contribution in [0.1, 0.15) is 28.0 Å². The van der Waals surface area contributed by atoms with Crippen molar-refractivity contribution < 1.29 is 14.3 Å². The number of aryl methyl sites for hydroxylation is 1. The number of rotatable bonds is 5. The lowest BCUT2D eigenvalue weighted by Gasteiger charge is -2.29. The maximum absolute atomic E-state index is 12.9. The third-order valence-electron chi connectivity index (χ3n) is 5.48. The minimum atomic E-state index is -0.240. The van der Waals surface area contributed by atoms with E-state index in [9.17, 15) is 9.59 Å². The van der Waals surface area contributed by atoms with E-state index in [0.29, 0.717) is 19.7 Å². The van der Waals surface area contributed by atoms with Crippen LogP contribution in [0.2, 0.25) is 0 Å². The Morgan fingerprint density at radius 2 is 2.10 bits per heavy atom. The highest BCUT2D eigenvalue weighted by Gasteiger charge is 2.23. The van der Waals surface area contributed by atoms with Crippen LogP contribution in [0.4, 0.5) is 0 Å². The summed E-state index contributed by atoms with van der Waals surface area (Å²) in [4.78, 5) is 30.2. The molecule has 1 aliphatic carbocycles. The van der Waals surface area contributed by atoms with Gasteiger partial charge in [0.25, 0.3) is 11.5 Å². The number of hydrogen-bond donors (Lipinski definition) is 0. The molecular formula is C24H25N3O4. The zero-order chi connectivity index (χ0) is 21.8. The highest BCUT2D eigenvalue weighted by Crippen LogP contribution is 2.25. The molecule has 0 atom stereocenters. The minimum Gasteiger partial charge on any atom is -0.497 e. The first kappa shape index (κ1) is 20.7. The van der Waals surface area contributed by atoms with Gasteiger partial charge in [-0.05, 0) is 53.8 Å². The van der Waals surface area contributed by atoms with Crippen molar-refractivity contribution >= 4 is 5.91 Å². The maximum atomic E-state index is 12.9. The number of hydrogen-bond acceptors (Lipinski definition) is 5. The van der Waals surface area contributed by atoms with E-state index in [1.165, 1.54) is 22.5 Å². The minimum absolute atomic E-state index is 0.177. The SMILES string of the molecule is COC1=CC=C(COc2ccc3c(c2)CN(C(=O)c2cn(C)c(=O)cn2)CC3)CC=C1. The average Bonchev–Trinajstić information content (AvgIpc) is 3.03. The van der Waals surface area contributed by atoms with Crippen molar-refractivity contribution in [2.45, 2.75) is 19.4 Å². The van der Waals surface area contributed by atoms with Gasteiger partial charge >= 0.3 is 0 Å². The molecule has 2 aromatic rings. The van der Waals surface area contributed by atoms with E-state index < -0.39 is 0 Å². The van der Waals surface area contributed by atoms with Crippen LogP contribution < -0.4 is 10.3 Å². The first-order chi connectivity index (χ1) is 15.0. The molecule has 0 fully saturated rings. The zero-order valence-corrected chi connectivity index (χ0v) is 17.7. The molecule has 0 unspecified atom stereocenters. The third kappa shape index (κ3) is 4.77. The van der Waals surface area contributed by atoms with Gasteiger partial charge in [0.15, 0.2) is 0 Å². The second-order valence-electron chi connectivity index (χ2n) is 7.62. The van der Waals surface area contributed by atoms with Crippen LogP contribution in [0.3, 0.4) is 0 Å². The molecule has 0 N–H and O–H groups in total. The molecule has 1 aromatic heterocycles. The van der Waals surface area contributed by atoms with Gasteiger partial charge in [-0.1, -0.05) is 18.2 Å². The van der Waals surface area contributed by atoms with E-state index in [1.807, 2.05) is 30.4 Å². The average molecular weight is 419 g/mol. The Hall–Kier alpha value is -3.61. The molecule has 2 aliphatic rings. The van der Waals surface area contributed by atoms with Crippen LogP contribution in [-0.4, -0.2) is 40.6 Å². The number of ether oxygens (including phenoxy) is 2. The second-order valence-corrected chi connectivity index (χ2v) is 7.62. The molecular weight excluding hydrogens is 394 g/mol. The fraction of sp³-hybridized carbons (Fsp3) is 0.292. The number of aromatic nitrogens is 2. The molecule has 1 aromatic carbocycles. The highest BCUT2D eigenvalue weighted by molar-refractivity contribution is 5.92. The van der Waals surface area contributed by atoms with E-state index >= 15 is 0 Å². The van der Waals surface area contributed by atoms with E-state index in [1.54, 1.807) is 19.1 Å². The van der Waals surface area contributed by atoms with Gasteiger partial charge < -0.3 is 18.9 Å². The van der Waals surface area contributed by atoms with Gasteiger partial charge in [-0.15, -0.1) is 0 Å². The van der Waals surface area contributed by atoms with E-state index in [2.05, 4.69) is 17.1 Å². The van der Waals surface area contributed by atoms with Crippen molar-refractivity contribution in [3.05, 3.63) is 93.4 Å². The Morgan fingerprint density at radius 3 is 2.90 bits per heavy atom. The molecule has 4 rings (SSSR count). The number of nitrogens with zero attached hydrogens (tertiary/aromatic N) is 3. The lowest BCUT2D eigenvalue weighted by atomic mass is 9.99. The van der Waals surface area contributed by atoms with Gasteiger partial charge in [-0.3, -0.25) is 9.59 Å². The molecule has 7 nitrogen and oxygen atoms in total. The maximum Gasteiger partial charge on any atom is 0.274 e. The van der Waals surface area contributed by atoms with E-state index in [0.717, 1.165) is 35.5 Å². The molecule has 31 heavy (non-hydrogen) atoms. The molecule has 2 heterocycles. The second kappa shape index (κ2) is 9.04. The van der Waals surface area contributed by atoms with E-state index in [-0.39, 0.29) is 17.2 Å². The number of benzene rings is 1. The van der Waals surface area contributed by atoms with Crippen molar-refractivity contribution in [3.8, 4) is 5.75 Å². The normalized spacial score (nSPS) is 15.5. The summed E-state index contributed by atoms with van der Waals surface area (Å²) in [7, 11) is 3.27.